The van der Waals surface area contributed by atoms with Gasteiger partial charge in [0, 0.05) is 26.7 Å². The van der Waals surface area contributed by atoms with Gasteiger partial charge in [0.05, 0.1) is 5.69 Å². The molecule has 6 heteroatoms. The van der Waals surface area contributed by atoms with Gasteiger partial charge < -0.3 is 9.88 Å². The third-order valence-corrected chi connectivity index (χ3v) is 4.43. The molecule has 0 aliphatic carbocycles. The Balaban J connectivity index is 2.30. The van der Waals surface area contributed by atoms with E-state index in [1.807, 2.05) is 30.7 Å². The average molecular weight is 421 g/mol. The van der Waals surface area contributed by atoms with Crippen LogP contribution in [0, 0.1) is 6.92 Å². The van der Waals surface area contributed by atoms with Crippen molar-refractivity contribution in [1.29, 1.82) is 0 Å². The highest BCUT2D eigenvalue weighted by atomic mass is 79.9. The summed E-state index contributed by atoms with van der Waals surface area (Å²) in [6.07, 6.45) is 1.88. The Morgan fingerprint density at radius 1 is 1.35 bits per heavy atom. The summed E-state index contributed by atoms with van der Waals surface area (Å²) in [5, 5.41) is 3.49. The van der Waals surface area contributed by atoms with Crippen molar-refractivity contribution in [2.45, 2.75) is 20.4 Å². The lowest BCUT2D eigenvalue weighted by molar-refractivity contribution is 0.101. The maximum absolute atomic E-state index is 12.3. The number of rotatable bonds is 3. The minimum atomic E-state index is -0.168. The van der Waals surface area contributed by atoms with Crippen molar-refractivity contribution >= 4 is 55.1 Å². The number of nitrogens with one attached hydrogen (secondary N) is 1. The zero-order valence-corrected chi connectivity index (χ0v) is 14.9. The third kappa shape index (κ3) is 3.27. The van der Waals surface area contributed by atoms with Crippen molar-refractivity contribution < 1.29 is 4.79 Å². The van der Waals surface area contributed by atoms with Crippen LogP contribution in [0.4, 0.5) is 5.69 Å². The molecule has 2 rings (SSSR count). The highest BCUT2D eigenvalue weighted by molar-refractivity contribution is 9.10. The Morgan fingerprint density at radius 2 is 2.05 bits per heavy atom. The molecule has 3 nitrogen and oxygen atoms in total. The summed E-state index contributed by atoms with van der Waals surface area (Å²) in [5.41, 5.74) is 2.21. The van der Waals surface area contributed by atoms with Crippen LogP contribution < -0.4 is 5.32 Å². The van der Waals surface area contributed by atoms with E-state index in [4.69, 9.17) is 11.6 Å². The van der Waals surface area contributed by atoms with Crippen LogP contribution in [0.15, 0.2) is 33.3 Å². The van der Waals surface area contributed by atoms with Gasteiger partial charge in [-0.25, -0.2) is 0 Å². The summed E-state index contributed by atoms with van der Waals surface area (Å²) in [4.78, 5) is 12.3. The Kier molecular flexibility index (Phi) is 4.94. The Bertz CT molecular complexity index is 667. The van der Waals surface area contributed by atoms with E-state index in [1.54, 1.807) is 12.1 Å². The van der Waals surface area contributed by atoms with Crippen LogP contribution in [0.3, 0.4) is 0 Å². The predicted octanol–water partition coefficient (Wildman–Crippen LogP) is 5.25. The van der Waals surface area contributed by atoms with Crippen LogP contribution >= 0.6 is 43.5 Å². The summed E-state index contributed by atoms with van der Waals surface area (Å²) < 4.78 is 3.57. The number of benzene rings is 1. The molecule has 0 saturated carbocycles. The molecule has 0 fully saturated rings. The molecule has 0 saturated heterocycles. The van der Waals surface area contributed by atoms with E-state index in [0.717, 1.165) is 21.1 Å². The number of halogens is 3. The molecule has 1 amide bonds. The minimum Gasteiger partial charge on any atom is -0.343 e. The third-order valence-electron chi connectivity index (χ3n) is 2.93. The van der Waals surface area contributed by atoms with Crippen LogP contribution in [0.5, 0.6) is 0 Å². The number of aryl methyl sites for hydroxylation is 2. The smallest absolute Gasteiger partial charge is 0.272 e. The monoisotopic (exact) mass is 418 g/mol. The van der Waals surface area contributed by atoms with E-state index in [1.165, 1.54) is 0 Å². The molecule has 2 aromatic rings. The Morgan fingerprint density at radius 3 is 2.70 bits per heavy atom. The maximum Gasteiger partial charge on any atom is 0.272 e. The molecule has 106 valence electrons. The molecule has 20 heavy (non-hydrogen) atoms. The highest BCUT2D eigenvalue weighted by Crippen LogP contribution is 2.29. The van der Waals surface area contributed by atoms with E-state index in [-0.39, 0.29) is 5.91 Å². The quantitative estimate of drug-likeness (QED) is 0.723. The van der Waals surface area contributed by atoms with Crippen LogP contribution in [0.25, 0.3) is 0 Å². The van der Waals surface area contributed by atoms with Gasteiger partial charge in [-0.15, -0.1) is 0 Å². The molecular formula is C14H13Br2ClN2O. The number of hydrogen-bond acceptors (Lipinski definition) is 1. The fourth-order valence-electron chi connectivity index (χ4n) is 1.86. The molecule has 1 aromatic heterocycles. The van der Waals surface area contributed by atoms with E-state index in [9.17, 15) is 4.79 Å². The second kappa shape index (κ2) is 6.33. The minimum absolute atomic E-state index is 0.168. The van der Waals surface area contributed by atoms with Crippen molar-refractivity contribution in [3.05, 3.63) is 49.6 Å². The zero-order valence-electron chi connectivity index (χ0n) is 11.0. The molecule has 0 aliphatic heterocycles. The van der Waals surface area contributed by atoms with Crippen LogP contribution in [0.2, 0.25) is 5.02 Å². The number of nitrogens with zero attached hydrogens (tertiary/aromatic N) is 1. The second-order valence-corrected chi connectivity index (χ2v) is 6.54. The fraction of sp³-hybridized carbons (Fsp3) is 0.214. The van der Waals surface area contributed by atoms with Crippen LogP contribution in [-0.2, 0) is 6.54 Å². The number of anilines is 1. The van der Waals surface area contributed by atoms with Crippen molar-refractivity contribution in [3.8, 4) is 0 Å². The average Bonchev–Trinajstić information content (AvgIpc) is 2.77. The van der Waals surface area contributed by atoms with Gasteiger partial charge >= 0.3 is 0 Å². The normalized spacial score (nSPS) is 10.7. The molecule has 1 aromatic carbocycles. The van der Waals surface area contributed by atoms with Crippen LogP contribution in [-0.4, -0.2) is 10.5 Å². The van der Waals surface area contributed by atoms with Crippen LogP contribution in [0.1, 0.15) is 23.0 Å². The van der Waals surface area contributed by atoms with Gasteiger partial charge in [0.15, 0.2) is 0 Å². The number of amides is 1. The van der Waals surface area contributed by atoms with Crippen molar-refractivity contribution in [2.24, 2.45) is 0 Å². The van der Waals surface area contributed by atoms with E-state index >= 15 is 0 Å². The second-order valence-electron chi connectivity index (χ2n) is 4.36. The van der Waals surface area contributed by atoms with Gasteiger partial charge in [-0.3, -0.25) is 4.79 Å². The Labute approximate surface area is 139 Å². The first-order valence-electron chi connectivity index (χ1n) is 6.05. The topological polar surface area (TPSA) is 34.0 Å². The zero-order chi connectivity index (χ0) is 14.9. The lowest BCUT2D eigenvalue weighted by Gasteiger charge is -2.11. The van der Waals surface area contributed by atoms with Gasteiger partial charge in [-0.1, -0.05) is 11.6 Å². The number of carbonyl (C=O) groups is 1. The lowest BCUT2D eigenvalue weighted by atomic mass is 10.2. The van der Waals surface area contributed by atoms with Gasteiger partial charge in [-0.05, 0) is 69.5 Å². The number of carbonyl (C=O) groups excluding carboxylic acids is 1. The van der Waals surface area contributed by atoms with Gasteiger partial charge in [0.1, 0.15) is 5.69 Å². The summed E-state index contributed by atoms with van der Waals surface area (Å²) in [6, 6.07) is 5.42. The van der Waals surface area contributed by atoms with E-state index in [2.05, 4.69) is 37.2 Å². The molecule has 0 spiro atoms. The molecule has 0 radical (unpaired) electrons. The lowest BCUT2D eigenvalue weighted by Crippen LogP contribution is -2.16. The van der Waals surface area contributed by atoms with Gasteiger partial charge in [0.25, 0.3) is 5.91 Å². The molecule has 1 N–H and O–H groups in total. The van der Waals surface area contributed by atoms with Gasteiger partial charge in [-0.2, -0.15) is 0 Å². The van der Waals surface area contributed by atoms with Gasteiger partial charge in [0.2, 0.25) is 0 Å². The van der Waals surface area contributed by atoms with Crippen molar-refractivity contribution in [2.75, 3.05) is 5.32 Å². The maximum atomic E-state index is 12.3. The number of hydrogen-bond donors (Lipinski definition) is 1. The van der Waals surface area contributed by atoms with Crippen molar-refractivity contribution in [3.63, 3.8) is 0 Å². The first-order chi connectivity index (χ1) is 9.42. The van der Waals surface area contributed by atoms with E-state index < -0.39 is 0 Å². The van der Waals surface area contributed by atoms with Crippen molar-refractivity contribution in [1.82, 2.24) is 4.57 Å². The van der Waals surface area contributed by atoms with E-state index in [0.29, 0.717) is 16.4 Å². The standard InChI is InChI=1S/C14H13Br2ClN2O/c1-3-19-7-9(15)5-13(19)14(20)18-12-6-11(17)8(2)4-10(12)16/h4-7H,3H2,1-2H3,(H,18,20). The summed E-state index contributed by atoms with van der Waals surface area (Å²) >= 11 is 12.9. The SMILES string of the molecule is CCn1cc(Br)cc1C(=O)Nc1cc(Cl)c(C)cc1Br. The fourth-order valence-corrected chi connectivity index (χ4v) is 3.04. The Hall–Kier alpha value is -0.780. The summed E-state index contributed by atoms with van der Waals surface area (Å²) in [5.74, 6) is -0.168. The molecule has 0 bridgehead atoms. The molecule has 0 unspecified atom stereocenters. The largest absolute Gasteiger partial charge is 0.343 e. The summed E-state index contributed by atoms with van der Waals surface area (Å²) in [6.45, 7) is 4.63. The molecule has 0 aliphatic rings. The molecular weight excluding hydrogens is 407 g/mol. The summed E-state index contributed by atoms with van der Waals surface area (Å²) in [7, 11) is 0. The predicted molar refractivity (Wildman–Crippen MR) is 89.6 cm³/mol. The molecule has 1 heterocycles. The number of aromatic nitrogens is 1. The molecule has 0 atom stereocenters. The first kappa shape index (κ1) is 15.6. The highest BCUT2D eigenvalue weighted by Gasteiger charge is 2.14. The first-order valence-corrected chi connectivity index (χ1v) is 8.01.